The van der Waals surface area contributed by atoms with Crippen LogP contribution in [0.5, 0.6) is 11.5 Å². The van der Waals surface area contributed by atoms with Crippen LogP contribution in [0.15, 0.2) is 18.2 Å². The molecular weight excluding hydrogens is 210 g/mol. The van der Waals surface area contributed by atoms with Crippen molar-refractivity contribution in [2.75, 3.05) is 31.0 Å². The summed E-state index contributed by atoms with van der Waals surface area (Å²) in [5.41, 5.74) is 6.36. The van der Waals surface area contributed by atoms with Crippen molar-refractivity contribution in [2.24, 2.45) is 0 Å². The van der Waals surface area contributed by atoms with Crippen LogP contribution < -0.4 is 15.2 Å². The average Bonchev–Trinajstić information content (AvgIpc) is 2.25. The number of methoxy groups -OCH3 is 1. The van der Waals surface area contributed by atoms with E-state index in [9.17, 15) is 0 Å². The fourth-order valence-electron chi connectivity index (χ4n) is 1.17. The van der Waals surface area contributed by atoms with Crippen molar-refractivity contribution < 1.29 is 9.47 Å². The average molecular weight is 227 g/mol. The van der Waals surface area contributed by atoms with Crippen LogP contribution in [-0.2, 0) is 0 Å². The third kappa shape index (κ3) is 3.91. The molecule has 0 atom stereocenters. The van der Waals surface area contributed by atoms with E-state index in [1.807, 2.05) is 23.9 Å². The van der Waals surface area contributed by atoms with Gasteiger partial charge in [-0.1, -0.05) is 6.92 Å². The van der Waals surface area contributed by atoms with Crippen LogP contribution in [0.25, 0.3) is 0 Å². The molecule has 0 unspecified atom stereocenters. The summed E-state index contributed by atoms with van der Waals surface area (Å²) in [6.45, 7) is 2.85. The molecule has 0 aliphatic rings. The number of anilines is 1. The van der Waals surface area contributed by atoms with Crippen molar-refractivity contribution in [1.29, 1.82) is 0 Å². The highest BCUT2D eigenvalue weighted by molar-refractivity contribution is 7.99. The Bertz CT molecular complexity index is 305. The maximum Gasteiger partial charge on any atom is 0.142 e. The van der Waals surface area contributed by atoms with E-state index in [1.165, 1.54) is 0 Å². The summed E-state index contributed by atoms with van der Waals surface area (Å²) in [4.78, 5) is 0. The van der Waals surface area contributed by atoms with E-state index in [4.69, 9.17) is 15.2 Å². The van der Waals surface area contributed by atoms with Crippen LogP contribution in [0.2, 0.25) is 0 Å². The molecule has 0 saturated heterocycles. The Hall–Kier alpha value is -1.03. The van der Waals surface area contributed by atoms with Crippen LogP contribution in [-0.4, -0.2) is 25.2 Å². The second-order valence-electron chi connectivity index (χ2n) is 2.95. The van der Waals surface area contributed by atoms with Gasteiger partial charge in [0.25, 0.3) is 0 Å². The molecular formula is C11H17NO2S. The van der Waals surface area contributed by atoms with Crippen LogP contribution >= 0.6 is 11.8 Å². The lowest BCUT2D eigenvalue weighted by Gasteiger charge is -2.08. The van der Waals surface area contributed by atoms with Crippen molar-refractivity contribution in [3.63, 3.8) is 0 Å². The van der Waals surface area contributed by atoms with Crippen LogP contribution in [0.1, 0.15) is 6.92 Å². The van der Waals surface area contributed by atoms with Gasteiger partial charge in [0.1, 0.15) is 11.5 Å². The van der Waals surface area contributed by atoms with Crippen LogP contribution in [0.3, 0.4) is 0 Å². The highest BCUT2D eigenvalue weighted by Gasteiger charge is 2.00. The number of hydrogen-bond acceptors (Lipinski definition) is 4. The molecule has 2 N–H and O–H groups in total. The van der Waals surface area contributed by atoms with Gasteiger partial charge in [0.2, 0.25) is 0 Å². The van der Waals surface area contributed by atoms with Gasteiger partial charge in [0.05, 0.1) is 19.4 Å². The molecule has 0 amide bonds. The Labute approximate surface area is 94.9 Å². The van der Waals surface area contributed by atoms with E-state index in [0.717, 1.165) is 17.3 Å². The van der Waals surface area contributed by atoms with Gasteiger partial charge in [-0.05, 0) is 17.9 Å². The second kappa shape index (κ2) is 6.45. The van der Waals surface area contributed by atoms with E-state index in [1.54, 1.807) is 13.2 Å². The van der Waals surface area contributed by atoms with Crippen LogP contribution in [0.4, 0.5) is 5.69 Å². The number of benzene rings is 1. The lowest BCUT2D eigenvalue weighted by Crippen LogP contribution is -2.01. The summed E-state index contributed by atoms with van der Waals surface area (Å²) in [5.74, 6) is 3.60. The maximum absolute atomic E-state index is 5.75. The molecule has 0 aromatic heterocycles. The maximum atomic E-state index is 5.75. The zero-order valence-corrected chi connectivity index (χ0v) is 9.97. The topological polar surface area (TPSA) is 44.5 Å². The molecule has 0 radical (unpaired) electrons. The quantitative estimate of drug-likeness (QED) is 0.598. The minimum Gasteiger partial charge on any atom is -0.495 e. The van der Waals surface area contributed by atoms with E-state index < -0.39 is 0 Å². The SMILES string of the molecule is CCSCCOc1ccc(OC)c(N)c1. The third-order valence-corrected chi connectivity index (χ3v) is 2.77. The van der Waals surface area contributed by atoms with Crippen molar-refractivity contribution in [2.45, 2.75) is 6.92 Å². The minimum atomic E-state index is 0.609. The van der Waals surface area contributed by atoms with Gasteiger partial charge in [-0.25, -0.2) is 0 Å². The normalized spacial score (nSPS) is 10.0. The summed E-state index contributed by atoms with van der Waals surface area (Å²) in [7, 11) is 1.60. The van der Waals surface area contributed by atoms with Gasteiger partial charge in [-0.15, -0.1) is 0 Å². The molecule has 0 saturated carbocycles. The number of ether oxygens (including phenoxy) is 2. The summed E-state index contributed by atoms with van der Waals surface area (Å²) >= 11 is 1.86. The Balaban J connectivity index is 2.45. The van der Waals surface area contributed by atoms with E-state index >= 15 is 0 Å². The largest absolute Gasteiger partial charge is 0.495 e. The second-order valence-corrected chi connectivity index (χ2v) is 4.34. The Morgan fingerprint density at radius 1 is 1.40 bits per heavy atom. The number of rotatable bonds is 6. The first-order valence-corrected chi connectivity index (χ1v) is 6.07. The Kier molecular flexibility index (Phi) is 5.18. The molecule has 1 aromatic rings. The molecule has 15 heavy (non-hydrogen) atoms. The van der Waals surface area contributed by atoms with Crippen molar-refractivity contribution in [1.82, 2.24) is 0 Å². The third-order valence-electron chi connectivity index (χ3n) is 1.90. The van der Waals surface area contributed by atoms with Gasteiger partial charge in [0, 0.05) is 11.8 Å². The van der Waals surface area contributed by atoms with Crippen molar-refractivity contribution in [3.05, 3.63) is 18.2 Å². The molecule has 0 spiro atoms. The summed E-state index contributed by atoms with van der Waals surface area (Å²) < 4.78 is 10.6. The lowest BCUT2D eigenvalue weighted by molar-refractivity contribution is 0.343. The first-order chi connectivity index (χ1) is 7.27. The molecule has 0 fully saturated rings. The molecule has 0 aliphatic carbocycles. The van der Waals surface area contributed by atoms with E-state index in [0.29, 0.717) is 18.0 Å². The molecule has 0 heterocycles. The number of hydrogen-bond donors (Lipinski definition) is 1. The first-order valence-electron chi connectivity index (χ1n) is 4.92. The van der Waals surface area contributed by atoms with Gasteiger partial charge in [-0.2, -0.15) is 11.8 Å². The standard InChI is InChI=1S/C11H17NO2S/c1-3-15-7-6-14-9-4-5-11(13-2)10(12)8-9/h4-5,8H,3,6-7,12H2,1-2H3. The van der Waals surface area contributed by atoms with E-state index in [-0.39, 0.29) is 0 Å². The van der Waals surface area contributed by atoms with Gasteiger partial charge in [0.15, 0.2) is 0 Å². The van der Waals surface area contributed by atoms with Gasteiger partial charge < -0.3 is 15.2 Å². The summed E-state index contributed by atoms with van der Waals surface area (Å²) in [6, 6.07) is 5.47. The predicted octanol–water partition coefficient (Wildman–Crippen LogP) is 2.41. The van der Waals surface area contributed by atoms with Gasteiger partial charge >= 0.3 is 0 Å². The summed E-state index contributed by atoms with van der Waals surface area (Å²) in [5, 5.41) is 0. The monoisotopic (exact) mass is 227 g/mol. The lowest BCUT2D eigenvalue weighted by atomic mass is 10.3. The smallest absolute Gasteiger partial charge is 0.142 e. The number of thioether (sulfide) groups is 1. The molecule has 84 valence electrons. The zero-order chi connectivity index (χ0) is 11.1. The summed E-state index contributed by atoms with van der Waals surface area (Å²) in [6.07, 6.45) is 0. The Morgan fingerprint density at radius 3 is 2.80 bits per heavy atom. The van der Waals surface area contributed by atoms with Crippen LogP contribution in [0, 0.1) is 0 Å². The number of nitrogens with two attached hydrogens (primary N) is 1. The predicted molar refractivity (Wildman–Crippen MR) is 65.9 cm³/mol. The highest BCUT2D eigenvalue weighted by atomic mass is 32.2. The minimum absolute atomic E-state index is 0.609. The fourth-order valence-corrected chi connectivity index (χ4v) is 1.65. The molecule has 0 bridgehead atoms. The molecule has 4 heteroatoms. The Morgan fingerprint density at radius 2 is 2.20 bits per heavy atom. The van der Waals surface area contributed by atoms with E-state index in [2.05, 4.69) is 6.92 Å². The molecule has 1 rings (SSSR count). The van der Waals surface area contributed by atoms with Crippen molar-refractivity contribution in [3.8, 4) is 11.5 Å². The fraction of sp³-hybridized carbons (Fsp3) is 0.455. The molecule has 3 nitrogen and oxygen atoms in total. The zero-order valence-electron chi connectivity index (χ0n) is 9.16. The van der Waals surface area contributed by atoms with Crippen molar-refractivity contribution >= 4 is 17.4 Å². The highest BCUT2D eigenvalue weighted by Crippen LogP contribution is 2.25. The first kappa shape index (κ1) is 12.0. The number of nitrogen functional groups attached to an aromatic ring is 1. The van der Waals surface area contributed by atoms with Gasteiger partial charge in [-0.3, -0.25) is 0 Å². The molecule has 0 aliphatic heterocycles. The molecule has 1 aromatic carbocycles.